The third-order valence-corrected chi connectivity index (χ3v) is 4.47. The first-order chi connectivity index (χ1) is 12.0. The summed E-state index contributed by atoms with van der Waals surface area (Å²) in [6, 6.07) is 12.5. The molecule has 0 atom stereocenters. The van der Waals surface area contributed by atoms with Crippen LogP contribution in [0.4, 0.5) is 0 Å². The fourth-order valence-corrected chi connectivity index (χ4v) is 2.97. The lowest BCUT2D eigenvalue weighted by Crippen LogP contribution is -2.44. The van der Waals surface area contributed by atoms with E-state index in [1.165, 1.54) is 10.7 Å². The first kappa shape index (κ1) is 16.9. The van der Waals surface area contributed by atoms with Crippen LogP contribution in [0.1, 0.15) is 12.8 Å². The molecular formula is C18H20N4O3. The zero-order valence-electron chi connectivity index (χ0n) is 13.8. The van der Waals surface area contributed by atoms with Gasteiger partial charge in [-0.3, -0.25) is 14.4 Å². The summed E-state index contributed by atoms with van der Waals surface area (Å²) in [6.45, 7) is 0.833. The normalized spacial score (nSPS) is 15.1. The van der Waals surface area contributed by atoms with Crippen molar-refractivity contribution in [2.24, 2.45) is 11.7 Å². The second-order valence-electron chi connectivity index (χ2n) is 6.14. The number of likely N-dealkylation sites (tertiary alicyclic amines) is 1. The fourth-order valence-electron chi connectivity index (χ4n) is 2.97. The Labute approximate surface area is 145 Å². The van der Waals surface area contributed by atoms with Gasteiger partial charge in [-0.1, -0.05) is 30.3 Å². The molecule has 2 heterocycles. The van der Waals surface area contributed by atoms with E-state index in [2.05, 4.69) is 5.10 Å². The topological polar surface area (TPSA) is 98.3 Å². The lowest BCUT2D eigenvalue weighted by molar-refractivity contribution is -0.135. The zero-order valence-corrected chi connectivity index (χ0v) is 13.8. The Balaban J connectivity index is 1.71. The third kappa shape index (κ3) is 3.93. The van der Waals surface area contributed by atoms with Gasteiger partial charge in [-0.15, -0.1) is 0 Å². The number of nitrogens with zero attached hydrogens (tertiary/aromatic N) is 3. The molecule has 1 aliphatic rings. The molecule has 2 aromatic rings. The van der Waals surface area contributed by atoms with Crippen molar-refractivity contribution in [2.45, 2.75) is 19.4 Å². The van der Waals surface area contributed by atoms with Crippen LogP contribution >= 0.6 is 0 Å². The first-order valence-electron chi connectivity index (χ1n) is 8.25. The number of primary amides is 1. The van der Waals surface area contributed by atoms with Crippen molar-refractivity contribution in [3.63, 3.8) is 0 Å². The van der Waals surface area contributed by atoms with Crippen LogP contribution in [0, 0.1) is 5.92 Å². The van der Waals surface area contributed by atoms with Crippen LogP contribution in [-0.4, -0.2) is 39.6 Å². The smallest absolute Gasteiger partial charge is 0.267 e. The molecule has 1 aromatic heterocycles. The van der Waals surface area contributed by atoms with Crippen LogP contribution in [0.2, 0.25) is 0 Å². The predicted molar refractivity (Wildman–Crippen MR) is 92.4 cm³/mol. The molecular weight excluding hydrogens is 320 g/mol. The van der Waals surface area contributed by atoms with Gasteiger partial charge >= 0.3 is 0 Å². The minimum Gasteiger partial charge on any atom is -0.369 e. The maximum Gasteiger partial charge on any atom is 0.267 e. The van der Waals surface area contributed by atoms with Gasteiger partial charge < -0.3 is 10.6 Å². The van der Waals surface area contributed by atoms with E-state index in [-0.39, 0.29) is 29.8 Å². The highest BCUT2D eigenvalue weighted by Crippen LogP contribution is 2.17. The number of amides is 2. The van der Waals surface area contributed by atoms with Crippen molar-refractivity contribution in [2.75, 3.05) is 13.1 Å². The maximum absolute atomic E-state index is 12.5. The Bertz CT molecular complexity index is 824. The van der Waals surface area contributed by atoms with Crippen molar-refractivity contribution in [1.29, 1.82) is 0 Å². The number of nitrogens with two attached hydrogens (primary N) is 1. The number of hydrogen-bond acceptors (Lipinski definition) is 4. The van der Waals surface area contributed by atoms with E-state index in [0.717, 1.165) is 5.56 Å². The lowest BCUT2D eigenvalue weighted by Gasteiger charge is -2.30. The van der Waals surface area contributed by atoms with Crippen molar-refractivity contribution in [1.82, 2.24) is 14.7 Å². The number of carbonyl (C=O) groups is 2. The van der Waals surface area contributed by atoms with Crippen molar-refractivity contribution in [3.05, 3.63) is 52.8 Å². The summed E-state index contributed by atoms with van der Waals surface area (Å²) in [5.41, 5.74) is 6.51. The molecule has 0 saturated carbocycles. The van der Waals surface area contributed by atoms with Crippen molar-refractivity contribution in [3.8, 4) is 11.3 Å². The quantitative estimate of drug-likeness (QED) is 0.883. The van der Waals surface area contributed by atoms with E-state index in [0.29, 0.717) is 31.6 Å². The molecule has 3 rings (SSSR count). The van der Waals surface area contributed by atoms with Crippen LogP contribution in [0.3, 0.4) is 0 Å². The van der Waals surface area contributed by atoms with Gasteiger partial charge in [-0.2, -0.15) is 5.10 Å². The van der Waals surface area contributed by atoms with Gasteiger partial charge in [0, 0.05) is 30.6 Å². The number of rotatable bonds is 4. The number of carbonyl (C=O) groups excluding carboxylic acids is 2. The fraction of sp³-hybridized carbons (Fsp3) is 0.333. The first-order valence-corrected chi connectivity index (χ1v) is 8.25. The van der Waals surface area contributed by atoms with E-state index in [1.54, 1.807) is 11.0 Å². The van der Waals surface area contributed by atoms with Gasteiger partial charge in [0.05, 0.1) is 5.69 Å². The predicted octanol–water partition coefficient (Wildman–Crippen LogP) is 0.634. The average molecular weight is 340 g/mol. The molecule has 1 saturated heterocycles. The van der Waals surface area contributed by atoms with Gasteiger partial charge in [0.2, 0.25) is 11.8 Å². The summed E-state index contributed by atoms with van der Waals surface area (Å²) >= 11 is 0. The largest absolute Gasteiger partial charge is 0.369 e. The summed E-state index contributed by atoms with van der Waals surface area (Å²) < 4.78 is 1.19. The van der Waals surface area contributed by atoms with Gasteiger partial charge in [-0.05, 0) is 18.9 Å². The number of benzene rings is 1. The van der Waals surface area contributed by atoms with Gasteiger partial charge in [-0.25, -0.2) is 4.68 Å². The second kappa shape index (κ2) is 7.29. The van der Waals surface area contributed by atoms with Crippen LogP contribution in [0.15, 0.2) is 47.3 Å². The highest BCUT2D eigenvalue weighted by molar-refractivity contribution is 5.78. The molecule has 1 aromatic carbocycles. The van der Waals surface area contributed by atoms with Crippen LogP contribution < -0.4 is 11.3 Å². The zero-order chi connectivity index (χ0) is 17.8. The van der Waals surface area contributed by atoms with E-state index < -0.39 is 0 Å². The molecule has 1 fully saturated rings. The Kier molecular flexibility index (Phi) is 4.92. The Morgan fingerprint density at radius 2 is 1.76 bits per heavy atom. The minimum atomic E-state index is -0.319. The summed E-state index contributed by atoms with van der Waals surface area (Å²) in [5, 5.41) is 4.30. The van der Waals surface area contributed by atoms with E-state index in [4.69, 9.17) is 5.73 Å². The number of aromatic nitrogens is 2. The molecule has 2 amide bonds. The molecule has 130 valence electrons. The van der Waals surface area contributed by atoms with E-state index >= 15 is 0 Å². The van der Waals surface area contributed by atoms with E-state index in [1.807, 2.05) is 30.3 Å². The SMILES string of the molecule is NC(=O)C1CCN(C(=O)Cn2nc(-c3ccccc3)ccc2=O)CC1. The van der Waals surface area contributed by atoms with Crippen molar-refractivity contribution < 1.29 is 9.59 Å². The second-order valence-corrected chi connectivity index (χ2v) is 6.14. The van der Waals surface area contributed by atoms with Crippen LogP contribution in [0.25, 0.3) is 11.3 Å². The summed E-state index contributed by atoms with van der Waals surface area (Å²) in [5.74, 6) is -0.672. The lowest BCUT2D eigenvalue weighted by atomic mass is 9.96. The third-order valence-electron chi connectivity index (χ3n) is 4.47. The summed E-state index contributed by atoms with van der Waals surface area (Å²) in [4.78, 5) is 37.3. The summed E-state index contributed by atoms with van der Waals surface area (Å²) in [6.07, 6.45) is 1.13. The Morgan fingerprint density at radius 3 is 2.40 bits per heavy atom. The molecule has 1 aliphatic heterocycles. The summed E-state index contributed by atoms with van der Waals surface area (Å²) in [7, 11) is 0. The van der Waals surface area contributed by atoms with E-state index in [9.17, 15) is 14.4 Å². The molecule has 2 N–H and O–H groups in total. The molecule has 0 bridgehead atoms. The number of hydrogen-bond donors (Lipinski definition) is 1. The molecule has 7 heteroatoms. The average Bonchev–Trinajstić information content (AvgIpc) is 2.64. The monoisotopic (exact) mass is 340 g/mol. The highest BCUT2D eigenvalue weighted by atomic mass is 16.2. The standard InChI is InChI=1S/C18H20N4O3/c19-18(25)14-8-10-21(11-9-14)17(24)12-22-16(23)7-6-15(20-22)13-4-2-1-3-5-13/h1-7,14H,8-12H2,(H2,19,25). The Hall–Kier alpha value is -2.96. The Morgan fingerprint density at radius 1 is 1.08 bits per heavy atom. The number of piperidine rings is 1. The maximum atomic E-state index is 12.5. The van der Waals surface area contributed by atoms with Gasteiger partial charge in [0.1, 0.15) is 6.54 Å². The minimum absolute atomic E-state index is 0.110. The van der Waals surface area contributed by atoms with Crippen molar-refractivity contribution >= 4 is 11.8 Å². The molecule has 7 nitrogen and oxygen atoms in total. The molecule has 0 radical (unpaired) electrons. The molecule has 25 heavy (non-hydrogen) atoms. The van der Waals surface area contributed by atoms with Crippen LogP contribution in [0.5, 0.6) is 0 Å². The molecule has 0 unspecified atom stereocenters. The van der Waals surface area contributed by atoms with Gasteiger partial charge in [0.15, 0.2) is 0 Å². The van der Waals surface area contributed by atoms with Gasteiger partial charge in [0.25, 0.3) is 5.56 Å². The van der Waals surface area contributed by atoms with Crippen LogP contribution in [-0.2, 0) is 16.1 Å². The highest BCUT2D eigenvalue weighted by Gasteiger charge is 2.26. The molecule has 0 spiro atoms. The molecule has 0 aliphatic carbocycles.